The molecule has 0 saturated heterocycles. The number of ether oxygens (including phenoxy) is 1. The lowest BCUT2D eigenvalue weighted by Gasteiger charge is -1.86. The van der Waals surface area contributed by atoms with Gasteiger partial charge in [0.1, 0.15) is 0 Å². The van der Waals surface area contributed by atoms with Crippen LogP contribution in [-0.2, 0) is 4.74 Å². The van der Waals surface area contributed by atoms with Gasteiger partial charge in [0.15, 0.2) is 0 Å². The highest BCUT2D eigenvalue weighted by molar-refractivity contribution is 5.70. The average Bonchev–Trinajstić information content (AvgIpc) is 1.91. The highest BCUT2D eigenvalue weighted by atomic mass is 16.5. The van der Waals surface area contributed by atoms with Crippen LogP contribution in [0.25, 0.3) is 0 Å². The quantitative estimate of drug-likeness (QED) is 0.283. The van der Waals surface area contributed by atoms with Crippen LogP contribution in [-0.4, -0.2) is 19.2 Å². The molecule has 0 aliphatic rings. The summed E-state index contributed by atoms with van der Waals surface area (Å²) in [4.78, 5) is 9.35. The summed E-state index contributed by atoms with van der Waals surface area (Å²) in [5, 5.41) is 0. The Morgan fingerprint density at radius 1 is 1.50 bits per heavy atom. The average molecular weight is 149 g/mol. The Morgan fingerprint density at radius 2 is 1.80 bits per heavy atom. The van der Waals surface area contributed by atoms with Gasteiger partial charge in [0.2, 0.25) is 0 Å². The van der Waals surface area contributed by atoms with E-state index in [-0.39, 0.29) is 0 Å². The number of hydrogen-bond donors (Lipinski definition) is 3. The molecule has 0 spiro atoms. The summed E-state index contributed by atoms with van der Waals surface area (Å²) in [6.45, 7) is 5.67. The predicted molar refractivity (Wildman–Crippen MR) is 39.1 cm³/mol. The molecule has 2 amide bonds. The van der Waals surface area contributed by atoms with Crippen LogP contribution >= 0.6 is 0 Å². The zero-order valence-electron chi connectivity index (χ0n) is 6.39. The first-order valence-electron chi connectivity index (χ1n) is 3.02. The number of nitrogens with one attached hydrogen (secondary N) is 1. The molecule has 0 saturated carbocycles. The summed E-state index contributed by atoms with van der Waals surface area (Å²) in [6, 6.07) is -0.718. The molecular formula is C5H15N3O2. The first-order valence-corrected chi connectivity index (χ1v) is 3.02. The summed E-state index contributed by atoms with van der Waals surface area (Å²) in [5.74, 6) is 4.45. The third-order valence-electron chi connectivity index (χ3n) is 0.551. The van der Waals surface area contributed by atoms with E-state index in [1.165, 1.54) is 0 Å². The molecule has 0 aliphatic heterocycles. The van der Waals surface area contributed by atoms with Crippen molar-refractivity contribution in [1.29, 1.82) is 0 Å². The maximum atomic E-state index is 9.35. The number of carbonyl (C=O) groups is 1. The van der Waals surface area contributed by atoms with Crippen LogP contribution in [0.3, 0.4) is 0 Å². The molecule has 0 unspecified atom stereocenters. The SMILES string of the molecule is CCOCC.NNC(N)=O. The zero-order chi connectivity index (χ0) is 8.41. The van der Waals surface area contributed by atoms with Crippen molar-refractivity contribution in [2.24, 2.45) is 11.6 Å². The van der Waals surface area contributed by atoms with Crippen LogP contribution in [0.15, 0.2) is 0 Å². The van der Waals surface area contributed by atoms with Gasteiger partial charge in [0.05, 0.1) is 0 Å². The molecule has 0 atom stereocenters. The van der Waals surface area contributed by atoms with E-state index in [4.69, 9.17) is 4.74 Å². The van der Waals surface area contributed by atoms with Gasteiger partial charge in [0, 0.05) is 13.2 Å². The van der Waals surface area contributed by atoms with Crippen molar-refractivity contribution in [3.63, 3.8) is 0 Å². The second-order valence-electron chi connectivity index (χ2n) is 1.29. The Morgan fingerprint density at radius 3 is 1.80 bits per heavy atom. The molecule has 0 bridgehead atoms. The Labute approximate surface area is 60.7 Å². The number of hydrazine groups is 1. The summed E-state index contributed by atoms with van der Waals surface area (Å²) in [5.41, 5.74) is 6.08. The third kappa shape index (κ3) is 27.1. The minimum absolute atomic E-state index is 0.718. The molecule has 0 aromatic rings. The Balaban J connectivity index is 0. The summed E-state index contributed by atoms with van der Waals surface area (Å²) >= 11 is 0. The number of rotatable bonds is 2. The van der Waals surface area contributed by atoms with Gasteiger partial charge in [-0.3, -0.25) is 5.43 Å². The first kappa shape index (κ1) is 11.9. The van der Waals surface area contributed by atoms with Crippen LogP contribution in [0.2, 0.25) is 0 Å². The van der Waals surface area contributed by atoms with E-state index in [2.05, 4.69) is 11.6 Å². The van der Waals surface area contributed by atoms with Crippen molar-refractivity contribution in [3.8, 4) is 0 Å². The van der Waals surface area contributed by atoms with Gasteiger partial charge >= 0.3 is 6.03 Å². The smallest absolute Gasteiger partial charge is 0.326 e. The van der Waals surface area contributed by atoms with Gasteiger partial charge in [0.25, 0.3) is 0 Å². The number of urea groups is 1. The molecule has 0 rings (SSSR count). The monoisotopic (exact) mass is 149 g/mol. The van der Waals surface area contributed by atoms with E-state index in [9.17, 15) is 4.79 Å². The first-order chi connectivity index (χ1) is 4.68. The lowest BCUT2D eigenvalue weighted by Crippen LogP contribution is -2.34. The third-order valence-corrected chi connectivity index (χ3v) is 0.551. The molecule has 0 aromatic heterocycles. The fourth-order valence-corrected chi connectivity index (χ4v) is 0.204. The fraction of sp³-hybridized carbons (Fsp3) is 0.800. The Bertz CT molecular complexity index is 75.3. The molecule has 10 heavy (non-hydrogen) atoms. The largest absolute Gasteiger partial charge is 0.382 e. The van der Waals surface area contributed by atoms with Crippen molar-refractivity contribution in [2.75, 3.05) is 13.2 Å². The van der Waals surface area contributed by atoms with Crippen molar-refractivity contribution < 1.29 is 9.53 Å². The van der Waals surface area contributed by atoms with E-state index in [1.807, 2.05) is 13.8 Å². The highest BCUT2D eigenvalue weighted by Gasteiger charge is 1.73. The molecule has 0 fully saturated rings. The Hall–Kier alpha value is -0.810. The molecule has 62 valence electrons. The number of hydrogen-bond acceptors (Lipinski definition) is 3. The standard InChI is InChI=1S/C4H10O.CH5N3O/c1-3-5-4-2;2-1(5)4-3/h3-4H2,1-2H3;3H2,(H3,2,4,5). The van der Waals surface area contributed by atoms with Crippen molar-refractivity contribution in [2.45, 2.75) is 13.8 Å². The Kier molecular flexibility index (Phi) is 13.2. The normalized spacial score (nSPS) is 7.50. The molecule has 0 aromatic carbocycles. The second kappa shape index (κ2) is 11.0. The number of nitrogens with two attached hydrogens (primary N) is 2. The minimum Gasteiger partial charge on any atom is -0.382 e. The molecule has 0 heterocycles. The molecule has 0 radical (unpaired) electrons. The molecular weight excluding hydrogens is 134 g/mol. The van der Waals surface area contributed by atoms with Crippen LogP contribution in [0, 0.1) is 0 Å². The van der Waals surface area contributed by atoms with Gasteiger partial charge in [-0.25, -0.2) is 10.6 Å². The fourth-order valence-electron chi connectivity index (χ4n) is 0.204. The van der Waals surface area contributed by atoms with E-state index >= 15 is 0 Å². The van der Waals surface area contributed by atoms with Gasteiger partial charge in [-0.1, -0.05) is 0 Å². The van der Waals surface area contributed by atoms with Gasteiger partial charge < -0.3 is 10.5 Å². The van der Waals surface area contributed by atoms with Crippen molar-refractivity contribution >= 4 is 6.03 Å². The molecule has 0 aliphatic carbocycles. The lowest BCUT2D eigenvalue weighted by molar-refractivity contribution is 0.162. The van der Waals surface area contributed by atoms with Crippen molar-refractivity contribution in [3.05, 3.63) is 0 Å². The van der Waals surface area contributed by atoms with E-state index in [1.54, 1.807) is 5.43 Å². The van der Waals surface area contributed by atoms with Gasteiger partial charge in [-0.15, -0.1) is 0 Å². The summed E-state index contributed by atoms with van der Waals surface area (Å²) < 4.78 is 4.83. The van der Waals surface area contributed by atoms with Crippen LogP contribution in [0.4, 0.5) is 4.79 Å². The number of amides is 2. The van der Waals surface area contributed by atoms with E-state index < -0.39 is 6.03 Å². The summed E-state index contributed by atoms with van der Waals surface area (Å²) in [6.07, 6.45) is 0. The molecule has 5 N–H and O–H groups in total. The summed E-state index contributed by atoms with van der Waals surface area (Å²) in [7, 11) is 0. The van der Waals surface area contributed by atoms with Gasteiger partial charge in [-0.05, 0) is 13.8 Å². The topological polar surface area (TPSA) is 90.4 Å². The molecule has 5 heteroatoms. The zero-order valence-corrected chi connectivity index (χ0v) is 6.39. The highest BCUT2D eigenvalue weighted by Crippen LogP contribution is 1.64. The maximum Gasteiger partial charge on any atom is 0.326 e. The predicted octanol–water partition coefficient (Wildman–Crippen LogP) is -0.429. The van der Waals surface area contributed by atoms with E-state index in [0.29, 0.717) is 0 Å². The van der Waals surface area contributed by atoms with E-state index in [0.717, 1.165) is 13.2 Å². The minimum atomic E-state index is -0.718. The number of carbonyl (C=O) groups excluding carboxylic acids is 1. The molecule has 5 nitrogen and oxygen atoms in total. The van der Waals surface area contributed by atoms with Crippen molar-refractivity contribution in [1.82, 2.24) is 5.43 Å². The maximum absolute atomic E-state index is 9.35. The van der Waals surface area contributed by atoms with Gasteiger partial charge in [-0.2, -0.15) is 0 Å². The second-order valence-corrected chi connectivity index (χ2v) is 1.29. The van der Waals surface area contributed by atoms with Crippen LogP contribution < -0.4 is 17.0 Å². The number of primary amides is 1. The van der Waals surface area contributed by atoms with Crippen LogP contribution in [0.1, 0.15) is 13.8 Å². The van der Waals surface area contributed by atoms with Crippen LogP contribution in [0.5, 0.6) is 0 Å². The lowest BCUT2D eigenvalue weighted by atomic mass is 10.8.